The van der Waals surface area contributed by atoms with Crippen LogP contribution in [0.3, 0.4) is 0 Å². The lowest BCUT2D eigenvalue weighted by Gasteiger charge is -2.43. The first-order valence-corrected chi connectivity index (χ1v) is 15.9. The molecule has 3 aromatic rings. The molecule has 0 aromatic heterocycles. The first kappa shape index (κ1) is 29.2. The molecule has 3 heterocycles. The second kappa shape index (κ2) is 14.1. The Morgan fingerprint density at radius 2 is 1.58 bits per heavy atom. The molecule has 1 saturated carbocycles. The van der Waals surface area contributed by atoms with E-state index in [9.17, 15) is 9.59 Å². The number of hydrogen-bond acceptors (Lipinski definition) is 5. The van der Waals surface area contributed by atoms with E-state index in [-0.39, 0.29) is 24.1 Å². The summed E-state index contributed by atoms with van der Waals surface area (Å²) in [5.74, 6) is 1.75. The van der Waals surface area contributed by atoms with Gasteiger partial charge in [0.2, 0.25) is 0 Å². The molecule has 3 saturated heterocycles. The van der Waals surface area contributed by atoms with Crippen molar-refractivity contribution in [1.29, 1.82) is 0 Å². The molecule has 4 aliphatic rings. The van der Waals surface area contributed by atoms with Gasteiger partial charge in [-0.25, -0.2) is 4.79 Å². The molecular weight excluding hydrogens is 538 g/mol. The number of carbonyl (C=O) groups is 2. The van der Waals surface area contributed by atoms with Crippen molar-refractivity contribution in [3.05, 3.63) is 101 Å². The molecule has 2 N–H and O–H groups in total. The van der Waals surface area contributed by atoms with E-state index in [1.165, 1.54) is 32.1 Å². The Hall–Kier alpha value is -3.84. The number of alkyl carbamates (subject to hydrolysis) is 1. The van der Waals surface area contributed by atoms with Gasteiger partial charge in [0.05, 0.1) is 6.04 Å². The highest BCUT2D eigenvalue weighted by Crippen LogP contribution is 2.31. The molecule has 2 bridgehead atoms. The van der Waals surface area contributed by atoms with Crippen molar-refractivity contribution in [2.75, 3.05) is 26.2 Å². The molecule has 7 rings (SSSR count). The Labute approximate surface area is 255 Å². The summed E-state index contributed by atoms with van der Waals surface area (Å²) in [6, 6.07) is 25.0. The second-order valence-electron chi connectivity index (χ2n) is 12.3. The zero-order valence-corrected chi connectivity index (χ0v) is 24.9. The van der Waals surface area contributed by atoms with Gasteiger partial charge in [0, 0.05) is 18.7 Å². The maximum Gasteiger partial charge on any atom is 0.408 e. The van der Waals surface area contributed by atoms with E-state index in [1.807, 2.05) is 78.9 Å². The van der Waals surface area contributed by atoms with Gasteiger partial charge < -0.3 is 20.1 Å². The molecule has 7 nitrogen and oxygen atoms in total. The van der Waals surface area contributed by atoms with Crippen LogP contribution < -0.4 is 15.4 Å². The van der Waals surface area contributed by atoms with Gasteiger partial charge in [0.15, 0.2) is 0 Å². The molecule has 43 heavy (non-hydrogen) atoms. The lowest BCUT2D eigenvalue weighted by atomic mass is 9.86. The summed E-state index contributed by atoms with van der Waals surface area (Å²) in [6.07, 6.45) is 8.03. The van der Waals surface area contributed by atoms with Gasteiger partial charge in [-0.2, -0.15) is 0 Å². The van der Waals surface area contributed by atoms with Crippen LogP contribution in [0, 0.1) is 11.8 Å². The fourth-order valence-electron chi connectivity index (χ4n) is 6.77. The minimum atomic E-state index is -0.387. The predicted octanol–water partition coefficient (Wildman–Crippen LogP) is 6.49. The minimum absolute atomic E-state index is 0.0165. The first-order chi connectivity index (χ1) is 21.1. The van der Waals surface area contributed by atoms with Crippen LogP contribution in [0.2, 0.25) is 0 Å². The van der Waals surface area contributed by atoms with Crippen LogP contribution in [0.4, 0.5) is 4.79 Å². The van der Waals surface area contributed by atoms with Crippen molar-refractivity contribution >= 4 is 12.0 Å². The summed E-state index contributed by atoms with van der Waals surface area (Å²) in [7, 11) is 0. The highest BCUT2D eigenvalue weighted by molar-refractivity contribution is 5.94. The SMILES string of the molecule is O=C(NC(c1ccccc1)c1cccc(OCc2ccc(C(=O)NCC3CCCCC3)cc2)c1)O[C@H]1CN2CCC1CC2. The van der Waals surface area contributed by atoms with Crippen LogP contribution in [-0.4, -0.2) is 49.2 Å². The molecule has 1 aliphatic carbocycles. The monoisotopic (exact) mass is 581 g/mol. The third kappa shape index (κ3) is 7.77. The van der Waals surface area contributed by atoms with E-state index in [0.29, 0.717) is 29.8 Å². The van der Waals surface area contributed by atoms with Gasteiger partial charge in [-0.05, 0) is 91.6 Å². The number of carbonyl (C=O) groups excluding carboxylic acids is 2. The first-order valence-electron chi connectivity index (χ1n) is 15.9. The molecule has 3 aliphatic heterocycles. The van der Waals surface area contributed by atoms with Crippen molar-refractivity contribution in [2.45, 2.75) is 63.7 Å². The van der Waals surface area contributed by atoms with Gasteiger partial charge in [0.1, 0.15) is 18.5 Å². The van der Waals surface area contributed by atoms with Crippen LogP contribution >= 0.6 is 0 Å². The summed E-state index contributed by atoms with van der Waals surface area (Å²) < 4.78 is 12.1. The minimum Gasteiger partial charge on any atom is -0.489 e. The summed E-state index contributed by atoms with van der Waals surface area (Å²) in [4.78, 5) is 28.1. The van der Waals surface area contributed by atoms with Crippen molar-refractivity contribution < 1.29 is 19.1 Å². The van der Waals surface area contributed by atoms with Crippen LogP contribution in [0.1, 0.15) is 78.0 Å². The van der Waals surface area contributed by atoms with E-state index >= 15 is 0 Å². The highest BCUT2D eigenvalue weighted by atomic mass is 16.6. The fourth-order valence-corrected chi connectivity index (χ4v) is 6.77. The van der Waals surface area contributed by atoms with E-state index in [1.54, 1.807) is 0 Å². The Kier molecular flexibility index (Phi) is 9.58. The molecule has 0 radical (unpaired) electrons. The van der Waals surface area contributed by atoms with E-state index in [0.717, 1.165) is 55.7 Å². The lowest BCUT2D eigenvalue weighted by molar-refractivity contribution is -0.0336. The number of nitrogens with one attached hydrogen (secondary N) is 2. The van der Waals surface area contributed by atoms with Gasteiger partial charge in [-0.1, -0.05) is 73.9 Å². The fraction of sp³-hybridized carbons (Fsp3) is 0.444. The maximum absolute atomic E-state index is 13.1. The standard InChI is InChI=1S/C36H43N3O4/c40-35(37-23-26-8-3-1-4-9-26)30-16-14-27(15-17-30)25-42-32-13-7-12-31(22-32)34(29-10-5-2-6-11-29)38-36(41)43-33-24-39-20-18-28(33)19-21-39/h2,5-7,10-17,22,26,28,33-34H,1,3-4,8-9,18-21,23-25H2,(H,37,40)(H,38,41)/t33-,34?/m0/s1. The van der Waals surface area contributed by atoms with E-state index in [2.05, 4.69) is 15.5 Å². The average Bonchev–Trinajstić information content (AvgIpc) is 3.07. The largest absolute Gasteiger partial charge is 0.489 e. The van der Waals surface area contributed by atoms with Crippen molar-refractivity contribution in [3.63, 3.8) is 0 Å². The molecule has 1 unspecified atom stereocenters. The maximum atomic E-state index is 13.1. The Balaban J connectivity index is 1.06. The molecule has 226 valence electrons. The zero-order chi connectivity index (χ0) is 29.4. The Morgan fingerprint density at radius 3 is 2.30 bits per heavy atom. The van der Waals surface area contributed by atoms with Crippen LogP contribution in [0.25, 0.3) is 0 Å². The quantitative estimate of drug-likeness (QED) is 0.286. The summed E-state index contributed by atoms with van der Waals surface area (Å²) >= 11 is 0. The van der Waals surface area contributed by atoms with Crippen molar-refractivity contribution in [1.82, 2.24) is 15.5 Å². The van der Waals surface area contributed by atoms with Gasteiger partial charge >= 0.3 is 6.09 Å². The summed E-state index contributed by atoms with van der Waals surface area (Å²) in [6.45, 7) is 4.16. The molecule has 4 fully saturated rings. The number of hydrogen-bond donors (Lipinski definition) is 2. The summed E-state index contributed by atoms with van der Waals surface area (Å²) in [5, 5.41) is 6.24. The number of fused-ring (bicyclic) bond motifs is 3. The molecule has 0 spiro atoms. The second-order valence-corrected chi connectivity index (χ2v) is 12.3. The van der Waals surface area contributed by atoms with E-state index in [4.69, 9.17) is 9.47 Å². The number of benzene rings is 3. The molecule has 2 atom stereocenters. The van der Waals surface area contributed by atoms with Gasteiger partial charge in [-0.15, -0.1) is 0 Å². The Bertz CT molecular complexity index is 1350. The number of rotatable bonds is 10. The number of ether oxygens (including phenoxy) is 2. The molecule has 7 heteroatoms. The lowest BCUT2D eigenvalue weighted by Crippen LogP contribution is -2.52. The van der Waals surface area contributed by atoms with Gasteiger partial charge in [-0.3, -0.25) is 9.69 Å². The van der Waals surface area contributed by atoms with Crippen molar-refractivity contribution in [3.8, 4) is 5.75 Å². The number of nitrogens with zero attached hydrogens (tertiary/aromatic N) is 1. The smallest absolute Gasteiger partial charge is 0.408 e. The normalized spacial score (nSPS) is 22.4. The van der Waals surface area contributed by atoms with Crippen LogP contribution in [-0.2, 0) is 11.3 Å². The zero-order valence-electron chi connectivity index (χ0n) is 24.9. The van der Waals surface area contributed by atoms with Crippen LogP contribution in [0.5, 0.6) is 5.75 Å². The topological polar surface area (TPSA) is 79.9 Å². The number of piperidine rings is 3. The summed E-state index contributed by atoms with van der Waals surface area (Å²) in [5.41, 5.74) is 3.54. The molecule has 2 amide bonds. The highest BCUT2D eigenvalue weighted by Gasteiger charge is 2.36. The third-order valence-electron chi connectivity index (χ3n) is 9.34. The third-order valence-corrected chi connectivity index (χ3v) is 9.34. The molecular formula is C36H43N3O4. The Morgan fingerprint density at radius 1 is 0.837 bits per heavy atom. The number of amides is 2. The van der Waals surface area contributed by atoms with Crippen LogP contribution in [0.15, 0.2) is 78.9 Å². The molecule has 3 aromatic carbocycles. The van der Waals surface area contributed by atoms with Gasteiger partial charge in [0.25, 0.3) is 5.91 Å². The van der Waals surface area contributed by atoms with Crippen molar-refractivity contribution in [2.24, 2.45) is 11.8 Å². The average molecular weight is 582 g/mol. The predicted molar refractivity (Wildman–Crippen MR) is 167 cm³/mol. The van der Waals surface area contributed by atoms with E-state index < -0.39 is 0 Å².